The van der Waals surface area contributed by atoms with Gasteiger partial charge in [0.2, 0.25) is 15.9 Å². The minimum Gasteiger partial charge on any atom is -0.326 e. The number of piperidine rings is 1. The number of para-hydroxylation sites is 1. The lowest BCUT2D eigenvalue weighted by Crippen LogP contribution is -2.41. The van der Waals surface area contributed by atoms with Crippen molar-refractivity contribution in [2.75, 3.05) is 18.4 Å². The van der Waals surface area contributed by atoms with Gasteiger partial charge in [0.15, 0.2) is 0 Å². The molecule has 0 aromatic heterocycles. The molecule has 0 atom stereocenters. The summed E-state index contributed by atoms with van der Waals surface area (Å²) in [5.41, 5.74) is 4.56. The summed E-state index contributed by atoms with van der Waals surface area (Å²) in [6.45, 7) is 8.45. The molecule has 0 spiro atoms. The number of carbonyl (C=O) groups is 1. The van der Waals surface area contributed by atoms with Gasteiger partial charge < -0.3 is 5.32 Å². The predicted molar refractivity (Wildman–Crippen MR) is 117 cm³/mol. The molecule has 0 unspecified atom stereocenters. The molecule has 6 heteroatoms. The van der Waals surface area contributed by atoms with E-state index in [0.29, 0.717) is 30.8 Å². The Balaban J connectivity index is 1.69. The van der Waals surface area contributed by atoms with E-state index in [0.717, 1.165) is 34.4 Å². The molecule has 1 aliphatic heterocycles. The van der Waals surface area contributed by atoms with Crippen LogP contribution in [0.2, 0.25) is 0 Å². The summed E-state index contributed by atoms with van der Waals surface area (Å²) in [7, 11) is -3.56. The Morgan fingerprint density at radius 2 is 1.66 bits per heavy atom. The van der Waals surface area contributed by atoms with Crippen molar-refractivity contribution in [1.29, 1.82) is 0 Å². The van der Waals surface area contributed by atoms with Gasteiger partial charge in [-0.05, 0) is 62.8 Å². The molecular weight excluding hydrogens is 384 g/mol. The first-order valence-corrected chi connectivity index (χ1v) is 11.6. The van der Waals surface area contributed by atoms with Crippen LogP contribution in [-0.4, -0.2) is 31.7 Å². The van der Waals surface area contributed by atoms with Crippen LogP contribution in [0.4, 0.5) is 5.69 Å². The molecule has 0 bridgehead atoms. The van der Waals surface area contributed by atoms with Crippen LogP contribution in [-0.2, 0) is 21.2 Å². The zero-order valence-electron chi connectivity index (χ0n) is 17.7. The van der Waals surface area contributed by atoms with Gasteiger partial charge in [-0.2, -0.15) is 4.31 Å². The number of hydrogen-bond donors (Lipinski definition) is 1. The lowest BCUT2D eigenvalue weighted by Gasteiger charge is -2.31. The van der Waals surface area contributed by atoms with E-state index in [4.69, 9.17) is 0 Å². The number of aryl methyl sites for hydroxylation is 4. The molecule has 1 amide bonds. The van der Waals surface area contributed by atoms with Gasteiger partial charge in [-0.25, -0.2) is 8.42 Å². The number of carbonyl (C=O) groups excluding carboxylic acids is 1. The number of nitrogens with one attached hydrogen (secondary N) is 1. The number of nitrogens with zero attached hydrogens (tertiary/aromatic N) is 1. The van der Waals surface area contributed by atoms with Crippen molar-refractivity contribution in [3.8, 4) is 0 Å². The average Bonchev–Trinajstić information content (AvgIpc) is 2.67. The van der Waals surface area contributed by atoms with Gasteiger partial charge in [0.1, 0.15) is 0 Å². The fourth-order valence-electron chi connectivity index (χ4n) is 4.25. The van der Waals surface area contributed by atoms with Crippen LogP contribution in [0.3, 0.4) is 0 Å². The topological polar surface area (TPSA) is 66.5 Å². The van der Waals surface area contributed by atoms with E-state index in [-0.39, 0.29) is 11.8 Å². The molecule has 1 heterocycles. The molecule has 0 aliphatic carbocycles. The number of rotatable bonds is 5. The zero-order valence-corrected chi connectivity index (χ0v) is 18.5. The van der Waals surface area contributed by atoms with Crippen LogP contribution in [0.1, 0.15) is 42.0 Å². The summed E-state index contributed by atoms with van der Waals surface area (Å²) >= 11 is 0. The van der Waals surface area contributed by atoms with Gasteiger partial charge in [0.05, 0.1) is 4.90 Å². The quantitative estimate of drug-likeness (QED) is 0.797. The maximum absolute atomic E-state index is 13.2. The Kier molecular flexibility index (Phi) is 6.44. The van der Waals surface area contributed by atoms with Gasteiger partial charge in [0.25, 0.3) is 0 Å². The average molecular weight is 415 g/mol. The lowest BCUT2D eigenvalue weighted by atomic mass is 9.97. The van der Waals surface area contributed by atoms with Crippen LogP contribution in [0.25, 0.3) is 0 Å². The number of hydrogen-bond acceptors (Lipinski definition) is 3. The monoisotopic (exact) mass is 414 g/mol. The largest absolute Gasteiger partial charge is 0.326 e. The van der Waals surface area contributed by atoms with E-state index < -0.39 is 10.0 Å². The van der Waals surface area contributed by atoms with Crippen molar-refractivity contribution < 1.29 is 13.2 Å². The van der Waals surface area contributed by atoms with Crippen LogP contribution in [0.15, 0.2) is 41.3 Å². The molecular formula is C23H30N2O3S. The van der Waals surface area contributed by atoms with E-state index in [9.17, 15) is 13.2 Å². The smallest absolute Gasteiger partial charge is 0.243 e. The van der Waals surface area contributed by atoms with Gasteiger partial charge in [0, 0.05) is 24.7 Å². The van der Waals surface area contributed by atoms with Gasteiger partial charge in [-0.15, -0.1) is 0 Å². The summed E-state index contributed by atoms with van der Waals surface area (Å²) in [5.74, 6) is -0.197. The van der Waals surface area contributed by atoms with Crippen LogP contribution < -0.4 is 5.32 Å². The molecule has 1 N–H and O–H groups in total. The van der Waals surface area contributed by atoms with Crippen LogP contribution in [0.5, 0.6) is 0 Å². The highest BCUT2D eigenvalue weighted by Crippen LogP contribution is 2.29. The maximum Gasteiger partial charge on any atom is 0.243 e. The van der Waals surface area contributed by atoms with Crippen LogP contribution in [0, 0.1) is 26.7 Å². The highest BCUT2D eigenvalue weighted by atomic mass is 32.2. The summed E-state index contributed by atoms with van der Waals surface area (Å²) < 4.78 is 28.0. The van der Waals surface area contributed by atoms with E-state index in [1.807, 2.05) is 57.2 Å². The summed E-state index contributed by atoms with van der Waals surface area (Å²) in [6.07, 6.45) is 1.91. The van der Waals surface area contributed by atoms with Gasteiger partial charge >= 0.3 is 0 Å². The third-order valence-corrected chi connectivity index (χ3v) is 7.89. The third-order valence-electron chi connectivity index (χ3n) is 5.68. The molecule has 2 aromatic carbocycles. The van der Waals surface area contributed by atoms with Crippen molar-refractivity contribution in [3.63, 3.8) is 0 Å². The molecule has 2 aromatic rings. The number of anilines is 1. The minimum absolute atomic E-state index is 0.0226. The standard InChI is InChI=1S/C23H30N2O3S/c1-5-19-8-6-7-9-21(19)24-23(26)20-10-12-25(13-11-20)29(27,28)22-17(3)14-16(2)15-18(22)4/h6-9,14-15,20H,5,10-13H2,1-4H3,(H,24,26). The van der Waals surface area contributed by atoms with Crippen molar-refractivity contribution in [1.82, 2.24) is 4.31 Å². The molecule has 29 heavy (non-hydrogen) atoms. The van der Waals surface area contributed by atoms with E-state index in [1.165, 1.54) is 4.31 Å². The van der Waals surface area contributed by atoms with E-state index in [1.54, 1.807) is 0 Å². The van der Waals surface area contributed by atoms with Crippen LogP contribution >= 0.6 is 0 Å². The summed E-state index contributed by atoms with van der Waals surface area (Å²) in [4.78, 5) is 13.1. The highest BCUT2D eigenvalue weighted by Gasteiger charge is 2.33. The highest BCUT2D eigenvalue weighted by molar-refractivity contribution is 7.89. The molecule has 156 valence electrons. The number of benzene rings is 2. The van der Waals surface area contributed by atoms with Crippen molar-refractivity contribution in [2.45, 2.75) is 51.9 Å². The molecule has 1 saturated heterocycles. The van der Waals surface area contributed by atoms with Crippen molar-refractivity contribution in [2.24, 2.45) is 5.92 Å². The molecule has 5 nitrogen and oxygen atoms in total. The van der Waals surface area contributed by atoms with Crippen molar-refractivity contribution in [3.05, 3.63) is 58.7 Å². The van der Waals surface area contributed by atoms with Gasteiger partial charge in [-0.3, -0.25) is 4.79 Å². The first-order valence-electron chi connectivity index (χ1n) is 10.2. The molecule has 0 saturated carbocycles. The second-order valence-corrected chi connectivity index (χ2v) is 9.78. The molecule has 0 radical (unpaired) electrons. The normalized spacial score (nSPS) is 16.0. The number of sulfonamides is 1. The fourth-order valence-corrected chi connectivity index (χ4v) is 6.13. The second kappa shape index (κ2) is 8.67. The van der Waals surface area contributed by atoms with E-state index >= 15 is 0 Å². The minimum atomic E-state index is -3.56. The first-order chi connectivity index (χ1) is 13.7. The fraction of sp³-hybridized carbons (Fsp3) is 0.435. The second-order valence-electron chi connectivity index (χ2n) is 7.91. The Labute approximate surface area is 174 Å². The summed E-state index contributed by atoms with van der Waals surface area (Å²) in [6, 6.07) is 11.6. The Bertz CT molecular complexity index is 984. The zero-order chi connectivity index (χ0) is 21.2. The van der Waals surface area contributed by atoms with Crippen molar-refractivity contribution >= 4 is 21.6 Å². The predicted octanol–water partition coefficient (Wildman–Crippen LogP) is 4.21. The molecule has 3 rings (SSSR count). The third kappa shape index (κ3) is 4.54. The SMILES string of the molecule is CCc1ccccc1NC(=O)C1CCN(S(=O)(=O)c2c(C)cc(C)cc2C)CC1. The first kappa shape index (κ1) is 21.5. The summed E-state index contributed by atoms with van der Waals surface area (Å²) in [5, 5.41) is 3.03. The Morgan fingerprint density at radius 1 is 1.07 bits per heavy atom. The number of amides is 1. The lowest BCUT2D eigenvalue weighted by molar-refractivity contribution is -0.120. The Hall–Kier alpha value is -2.18. The van der Waals surface area contributed by atoms with E-state index in [2.05, 4.69) is 12.2 Å². The Morgan fingerprint density at radius 3 is 2.24 bits per heavy atom. The maximum atomic E-state index is 13.2. The van der Waals surface area contributed by atoms with Gasteiger partial charge in [-0.1, -0.05) is 42.8 Å². The molecule has 1 aliphatic rings. The molecule has 1 fully saturated rings.